The number of fused-ring (bicyclic) bond motifs is 2. The van der Waals surface area contributed by atoms with Crippen molar-refractivity contribution in [1.29, 1.82) is 0 Å². The van der Waals surface area contributed by atoms with Crippen LogP contribution < -0.4 is 20.9 Å². The van der Waals surface area contributed by atoms with Crippen LogP contribution in [-0.4, -0.2) is 42.7 Å². The van der Waals surface area contributed by atoms with E-state index < -0.39 is 11.9 Å². The van der Waals surface area contributed by atoms with Crippen molar-refractivity contribution >= 4 is 23.4 Å². The van der Waals surface area contributed by atoms with Gasteiger partial charge in [0.2, 0.25) is 0 Å². The molecule has 4 aliphatic rings. The van der Waals surface area contributed by atoms with Gasteiger partial charge in [-0.2, -0.15) is 5.48 Å². The second-order valence-corrected chi connectivity index (χ2v) is 9.60. The minimum absolute atomic E-state index is 0.00476. The maximum atomic E-state index is 13.5. The Morgan fingerprint density at radius 1 is 1.19 bits per heavy atom. The Balaban J connectivity index is 1.25. The van der Waals surface area contributed by atoms with Crippen LogP contribution in [0.3, 0.4) is 0 Å². The molecule has 3 saturated carbocycles. The van der Waals surface area contributed by atoms with E-state index in [1.807, 2.05) is 0 Å². The molecule has 2 bridgehead atoms. The van der Waals surface area contributed by atoms with Crippen molar-refractivity contribution in [3.8, 4) is 5.75 Å². The predicted molar refractivity (Wildman–Crippen MR) is 113 cm³/mol. The Labute approximate surface area is 186 Å². The monoisotopic (exact) mass is 453 g/mol. The standard InChI is InChI=1S/C22H29ClFN3O4/c1-11(2)17-9-20(31-27-17)22(29)26-19-8-18(12-5-13(19)6-12)25-21(28)10-30-14-3-4-15(23)16(24)7-14/h3-4,7,11-13,17-20,27H,5-6,8-10H2,1-2H3,(H,25,28)(H,26,29). The third-order valence-electron chi connectivity index (χ3n) is 6.72. The largest absolute Gasteiger partial charge is 0.484 e. The van der Waals surface area contributed by atoms with Crippen LogP contribution in [0.15, 0.2) is 18.2 Å². The first-order valence-electron chi connectivity index (χ1n) is 10.9. The highest BCUT2D eigenvalue weighted by molar-refractivity contribution is 6.30. The molecule has 7 nitrogen and oxygen atoms in total. The second kappa shape index (κ2) is 9.30. The molecule has 1 aromatic carbocycles. The van der Waals surface area contributed by atoms with E-state index in [1.165, 1.54) is 12.1 Å². The summed E-state index contributed by atoms with van der Waals surface area (Å²) in [6, 6.07) is 4.25. The Morgan fingerprint density at radius 3 is 2.55 bits per heavy atom. The minimum Gasteiger partial charge on any atom is -0.484 e. The highest BCUT2D eigenvalue weighted by Crippen LogP contribution is 2.45. The van der Waals surface area contributed by atoms with Crippen LogP contribution >= 0.6 is 11.6 Å². The van der Waals surface area contributed by atoms with Gasteiger partial charge in [0, 0.05) is 30.6 Å². The van der Waals surface area contributed by atoms with Crippen LogP contribution in [0.1, 0.15) is 39.5 Å². The Hall–Kier alpha value is -1.90. The number of carbonyl (C=O) groups excluding carboxylic acids is 2. The zero-order valence-electron chi connectivity index (χ0n) is 17.7. The van der Waals surface area contributed by atoms with Crippen LogP contribution in [0.2, 0.25) is 5.02 Å². The molecule has 2 amide bonds. The fourth-order valence-corrected chi connectivity index (χ4v) is 4.80. The molecule has 31 heavy (non-hydrogen) atoms. The quantitative estimate of drug-likeness (QED) is 0.590. The molecule has 4 fully saturated rings. The van der Waals surface area contributed by atoms with Crippen LogP contribution in [-0.2, 0) is 14.4 Å². The van der Waals surface area contributed by atoms with Crippen LogP contribution in [0.4, 0.5) is 4.39 Å². The number of ether oxygens (including phenoxy) is 1. The van der Waals surface area contributed by atoms with Gasteiger partial charge in [-0.1, -0.05) is 25.4 Å². The topological polar surface area (TPSA) is 88.7 Å². The summed E-state index contributed by atoms with van der Waals surface area (Å²) in [5.41, 5.74) is 2.95. The first kappa shape index (κ1) is 22.3. The highest BCUT2D eigenvalue weighted by atomic mass is 35.5. The molecule has 9 heteroatoms. The molecule has 1 aliphatic heterocycles. The summed E-state index contributed by atoms with van der Waals surface area (Å²) >= 11 is 5.65. The summed E-state index contributed by atoms with van der Waals surface area (Å²) in [7, 11) is 0. The van der Waals surface area contributed by atoms with E-state index >= 15 is 0 Å². The van der Waals surface area contributed by atoms with Gasteiger partial charge in [-0.25, -0.2) is 4.39 Å². The first-order valence-corrected chi connectivity index (χ1v) is 11.3. The van der Waals surface area contributed by atoms with E-state index in [-0.39, 0.29) is 47.3 Å². The zero-order chi connectivity index (χ0) is 22.1. The van der Waals surface area contributed by atoms with Crippen molar-refractivity contribution in [2.75, 3.05) is 6.61 Å². The molecular weight excluding hydrogens is 425 g/mol. The molecule has 1 aromatic rings. The lowest BCUT2D eigenvalue weighted by atomic mass is 9.60. The highest BCUT2D eigenvalue weighted by Gasteiger charge is 2.47. The van der Waals surface area contributed by atoms with E-state index in [0.29, 0.717) is 30.6 Å². The van der Waals surface area contributed by atoms with Crippen molar-refractivity contribution < 1.29 is 23.6 Å². The fraction of sp³-hybridized carbons (Fsp3) is 0.636. The molecule has 3 N–H and O–H groups in total. The number of carbonyl (C=O) groups is 2. The summed E-state index contributed by atoms with van der Waals surface area (Å²) in [4.78, 5) is 30.5. The van der Waals surface area contributed by atoms with Gasteiger partial charge in [-0.05, 0) is 49.1 Å². The van der Waals surface area contributed by atoms with E-state index in [0.717, 1.165) is 18.9 Å². The number of rotatable bonds is 7. The van der Waals surface area contributed by atoms with Gasteiger partial charge in [0.05, 0.1) is 5.02 Å². The van der Waals surface area contributed by atoms with Crippen molar-refractivity contribution in [1.82, 2.24) is 16.1 Å². The van der Waals surface area contributed by atoms with Gasteiger partial charge in [0.15, 0.2) is 12.7 Å². The van der Waals surface area contributed by atoms with E-state index in [4.69, 9.17) is 21.2 Å². The van der Waals surface area contributed by atoms with Gasteiger partial charge in [0.25, 0.3) is 11.8 Å². The third kappa shape index (κ3) is 5.13. The average Bonchev–Trinajstić information content (AvgIpc) is 3.19. The second-order valence-electron chi connectivity index (χ2n) is 9.19. The smallest absolute Gasteiger partial charge is 0.258 e. The van der Waals surface area contributed by atoms with Crippen LogP contribution in [0.5, 0.6) is 5.75 Å². The molecule has 4 unspecified atom stereocenters. The van der Waals surface area contributed by atoms with Gasteiger partial charge < -0.3 is 15.4 Å². The number of nitrogens with one attached hydrogen (secondary N) is 3. The van der Waals surface area contributed by atoms with Crippen molar-refractivity contribution in [2.45, 2.75) is 63.8 Å². The molecule has 4 atom stereocenters. The number of hydrogen-bond donors (Lipinski definition) is 3. The zero-order valence-corrected chi connectivity index (χ0v) is 18.5. The van der Waals surface area contributed by atoms with Gasteiger partial charge >= 0.3 is 0 Å². The Bertz CT molecular complexity index is 833. The number of hydrogen-bond acceptors (Lipinski definition) is 5. The van der Waals surface area contributed by atoms with E-state index in [2.05, 4.69) is 30.0 Å². The van der Waals surface area contributed by atoms with Crippen molar-refractivity contribution in [2.24, 2.45) is 17.8 Å². The lowest BCUT2D eigenvalue weighted by molar-refractivity contribution is -0.135. The molecule has 1 saturated heterocycles. The Morgan fingerprint density at radius 2 is 1.90 bits per heavy atom. The van der Waals surface area contributed by atoms with Crippen molar-refractivity contribution in [3.05, 3.63) is 29.0 Å². The molecule has 3 aliphatic carbocycles. The minimum atomic E-state index is -0.591. The molecular formula is C22H29ClFN3O4. The summed E-state index contributed by atoms with van der Waals surface area (Å²) < 4.78 is 18.9. The summed E-state index contributed by atoms with van der Waals surface area (Å²) in [5, 5.41) is 6.16. The molecule has 0 aromatic heterocycles. The predicted octanol–water partition coefficient (Wildman–Crippen LogP) is 2.58. The third-order valence-corrected chi connectivity index (χ3v) is 7.03. The van der Waals surface area contributed by atoms with E-state index in [1.54, 1.807) is 0 Å². The van der Waals surface area contributed by atoms with Crippen LogP contribution in [0.25, 0.3) is 0 Å². The normalized spacial score (nSPS) is 31.8. The fourth-order valence-electron chi connectivity index (χ4n) is 4.68. The molecule has 0 spiro atoms. The summed E-state index contributed by atoms with van der Waals surface area (Å²) in [6.45, 7) is 3.98. The maximum absolute atomic E-state index is 13.5. The van der Waals surface area contributed by atoms with Gasteiger partial charge in [-0.15, -0.1) is 0 Å². The number of halogens is 2. The molecule has 0 radical (unpaired) electrons. The summed E-state index contributed by atoms with van der Waals surface area (Å²) in [5.74, 6) is 0.566. The van der Waals surface area contributed by atoms with Crippen molar-refractivity contribution in [3.63, 3.8) is 0 Å². The summed E-state index contributed by atoms with van der Waals surface area (Å²) in [6.07, 6.45) is 2.84. The SMILES string of the molecule is CC(C)C1CC(C(=O)NC2CC(NC(=O)COc3ccc(Cl)c(F)c3)C3CC2C3)ON1. The average molecular weight is 454 g/mol. The molecule has 1 heterocycles. The molecule has 5 rings (SSSR count). The first-order chi connectivity index (χ1) is 14.8. The lowest BCUT2D eigenvalue weighted by Crippen LogP contribution is -2.61. The number of benzene rings is 1. The van der Waals surface area contributed by atoms with E-state index in [9.17, 15) is 14.0 Å². The molecule has 170 valence electrons. The van der Waals surface area contributed by atoms with Gasteiger partial charge in [0.1, 0.15) is 11.6 Å². The van der Waals surface area contributed by atoms with Gasteiger partial charge in [-0.3, -0.25) is 14.4 Å². The lowest BCUT2D eigenvalue weighted by Gasteiger charge is -2.51. The Kier molecular flexibility index (Phi) is 6.69. The van der Waals surface area contributed by atoms with Crippen LogP contribution in [0, 0.1) is 23.6 Å². The number of hydroxylamine groups is 1. The number of amides is 2. The maximum Gasteiger partial charge on any atom is 0.258 e.